The first kappa shape index (κ1) is 14.2. The van der Waals surface area contributed by atoms with Crippen molar-refractivity contribution in [2.45, 2.75) is 27.4 Å². The van der Waals surface area contributed by atoms with Crippen LogP contribution in [0.15, 0.2) is 6.07 Å². The number of hydrogen-bond acceptors (Lipinski definition) is 4. The largest absolute Gasteiger partial charge is 0.415 e. The van der Waals surface area contributed by atoms with Gasteiger partial charge in [0.2, 0.25) is 5.88 Å². The van der Waals surface area contributed by atoms with E-state index in [1.54, 1.807) is 0 Å². The number of nitrogens with two attached hydrogens (primary N) is 1. The van der Waals surface area contributed by atoms with E-state index in [9.17, 15) is 8.78 Å². The van der Waals surface area contributed by atoms with Crippen LogP contribution in [0.4, 0.5) is 14.5 Å². The van der Waals surface area contributed by atoms with E-state index >= 15 is 0 Å². The standard InChI is InChI=1S/C13H16F2N4O/c1-6-5-7(2)10(17-8(6)3)11-9(16)12(19(4)18-11)20-13(14)15/h5,13H,16H2,1-4H3. The molecule has 0 aromatic carbocycles. The fraction of sp³-hybridized carbons (Fsp3) is 0.385. The van der Waals surface area contributed by atoms with Crippen LogP contribution in [0.1, 0.15) is 16.8 Å². The van der Waals surface area contributed by atoms with Crippen molar-refractivity contribution >= 4 is 5.69 Å². The highest BCUT2D eigenvalue weighted by atomic mass is 19.3. The van der Waals surface area contributed by atoms with Crippen molar-refractivity contribution in [3.8, 4) is 17.3 Å². The van der Waals surface area contributed by atoms with E-state index in [1.807, 2.05) is 26.8 Å². The zero-order chi connectivity index (χ0) is 15.0. The molecule has 0 atom stereocenters. The number of nitrogen functional groups attached to an aromatic ring is 1. The highest BCUT2D eigenvalue weighted by Gasteiger charge is 2.21. The Balaban J connectivity index is 2.57. The third kappa shape index (κ3) is 2.43. The zero-order valence-corrected chi connectivity index (χ0v) is 11.7. The maximum absolute atomic E-state index is 12.4. The summed E-state index contributed by atoms with van der Waals surface area (Å²) in [6.07, 6.45) is 0. The van der Waals surface area contributed by atoms with Gasteiger partial charge in [-0.25, -0.2) is 4.68 Å². The zero-order valence-electron chi connectivity index (χ0n) is 11.7. The van der Waals surface area contributed by atoms with Crippen molar-refractivity contribution in [3.05, 3.63) is 22.9 Å². The summed E-state index contributed by atoms with van der Waals surface area (Å²) in [5, 5.41) is 4.14. The Labute approximate surface area is 115 Å². The van der Waals surface area contributed by atoms with Gasteiger partial charge in [0, 0.05) is 12.7 Å². The van der Waals surface area contributed by atoms with Crippen LogP contribution in [-0.2, 0) is 7.05 Å². The molecule has 2 N–H and O–H groups in total. The van der Waals surface area contributed by atoms with Crippen LogP contribution >= 0.6 is 0 Å². The molecule has 108 valence electrons. The maximum atomic E-state index is 12.4. The summed E-state index contributed by atoms with van der Waals surface area (Å²) in [6, 6.07) is 1.96. The van der Waals surface area contributed by atoms with Gasteiger partial charge in [0.05, 0.1) is 5.69 Å². The second-order valence-corrected chi connectivity index (χ2v) is 4.63. The van der Waals surface area contributed by atoms with E-state index in [0.29, 0.717) is 11.4 Å². The van der Waals surface area contributed by atoms with Gasteiger partial charge in [0.15, 0.2) is 0 Å². The molecular formula is C13H16F2N4O. The van der Waals surface area contributed by atoms with Crippen LogP contribution in [0.2, 0.25) is 0 Å². The Morgan fingerprint density at radius 3 is 2.45 bits per heavy atom. The minimum atomic E-state index is -2.95. The summed E-state index contributed by atoms with van der Waals surface area (Å²) >= 11 is 0. The molecule has 0 radical (unpaired) electrons. The van der Waals surface area contributed by atoms with Gasteiger partial charge in [-0.15, -0.1) is 0 Å². The topological polar surface area (TPSA) is 66.0 Å². The molecule has 2 aromatic heterocycles. The molecule has 0 amide bonds. The normalized spacial score (nSPS) is 11.2. The van der Waals surface area contributed by atoms with Crippen molar-refractivity contribution in [2.75, 3.05) is 5.73 Å². The van der Waals surface area contributed by atoms with Crippen LogP contribution in [0, 0.1) is 20.8 Å². The fourth-order valence-corrected chi connectivity index (χ4v) is 2.01. The Morgan fingerprint density at radius 1 is 1.20 bits per heavy atom. The molecule has 0 bridgehead atoms. The number of anilines is 1. The second kappa shape index (κ2) is 5.07. The molecule has 0 aliphatic rings. The summed E-state index contributed by atoms with van der Waals surface area (Å²) in [5.74, 6) is -0.158. The van der Waals surface area contributed by atoms with Gasteiger partial charge < -0.3 is 10.5 Å². The van der Waals surface area contributed by atoms with E-state index in [2.05, 4.69) is 14.8 Å². The van der Waals surface area contributed by atoms with Crippen molar-refractivity contribution in [1.82, 2.24) is 14.8 Å². The van der Waals surface area contributed by atoms with Crippen LogP contribution in [0.5, 0.6) is 5.88 Å². The molecule has 0 unspecified atom stereocenters. The number of pyridine rings is 1. The van der Waals surface area contributed by atoms with Crippen molar-refractivity contribution in [3.63, 3.8) is 0 Å². The number of aryl methyl sites for hydroxylation is 4. The Bertz CT molecular complexity index is 652. The molecule has 7 heteroatoms. The predicted molar refractivity (Wildman–Crippen MR) is 71.7 cm³/mol. The van der Waals surface area contributed by atoms with Crippen LogP contribution in [0.25, 0.3) is 11.4 Å². The van der Waals surface area contributed by atoms with Crippen LogP contribution in [-0.4, -0.2) is 21.4 Å². The van der Waals surface area contributed by atoms with Gasteiger partial charge in [-0.05, 0) is 31.9 Å². The van der Waals surface area contributed by atoms with Gasteiger partial charge >= 0.3 is 6.61 Å². The molecule has 0 saturated heterocycles. The highest BCUT2D eigenvalue weighted by molar-refractivity contribution is 5.76. The molecule has 5 nitrogen and oxygen atoms in total. The first-order valence-corrected chi connectivity index (χ1v) is 6.03. The highest BCUT2D eigenvalue weighted by Crippen LogP contribution is 2.34. The average Bonchev–Trinajstić information content (AvgIpc) is 2.61. The SMILES string of the molecule is Cc1cc(C)c(-c2nn(C)c(OC(F)F)c2N)nc1C. The molecular weight excluding hydrogens is 266 g/mol. The van der Waals surface area contributed by atoms with E-state index in [1.165, 1.54) is 11.7 Å². The number of alkyl halides is 2. The van der Waals surface area contributed by atoms with Crippen molar-refractivity contribution < 1.29 is 13.5 Å². The molecule has 0 aliphatic heterocycles. The Kier molecular flexibility index (Phi) is 3.61. The van der Waals surface area contributed by atoms with Gasteiger partial charge in [0.1, 0.15) is 11.4 Å². The molecule has 2 heterocycles. The third-order valence-electron chi connectivity index (χ3n) is 3.11. The summed E-state index contributed by atoms with van der Waals surface area (Å²) in [6.45, 7) is 2.74. The molecule has 0 saturated carbocycles. The molecule has 2 aromatic rings. The van der Waals surface area contributed by atoms with E-state index in [4.69, 9.17) is 5.73 Å². The monoisotopic (exact) mass is 282 g/mol. The lowest BCUT2D eigenvalue weighted by Crippen LogP contribution is -2.07. The first-order chi connectivity index (χ1) is 9.31. The number of hydrogen-bond donors (Lipinski definition) is 1. The fourth-order valence-electron chi connectivity index (χ4n) is 2.01. The number of rotatable bonds is 3. The summed E-state index contributed by atoms with van der Waals surface area (Å²) in [5.41, 5.74) is 9.61. The van der Waals surface area contributed by atoms with E-state index < -0.39 is 6.61 Å². The lowest BCUT2D eigenvalue weighted by atomic mass is 10.1. The molecule has 2 rings (SSSR count). The maximum Gasteiger partial charge on any atom is 0.388 e. The van der Waals surface area contributed by atoms with E-state index in [0.717, 1.165) is 16.8 Å². The molecule has 0 fully saturated rings. The molecule has 0 aliphatic carbocycles. The smallest absolute Gasteiger partial charge is 0.388 e. The van der Waals surface area contributed by atoms with Crippen LogP contribution < -0.4 is 10.5 Å². The average molecular weight is 282 g/mol. The number of aromatic nitrogens is 3. The lowest BCUT2D eigenvalue weighted by Gasteiger charge is -2.07. The van der Waals surface area contributed by atoms with E-state index in [-0.39, 0.29) is 11.6 Å². The molecule has 0 spiro atoms. The summed E-state index contributed by atoms with van der Waals surface area (Å²) < 4.78 is 30.3. The van der Waals surface area contributed by atoms with Gasteiger partial charge in [-0.1, -0.05) is 6.07 Å². The van der Waals surface area contributed by atoms with Gasteiger partial charge in [-0.3, -0.25) is 4.98 Å². The summed E-state index contributed by atoms with van der Waals surface area (Å²) in [4.78, 5) is 4.44. The molecule has 20 heavy (non-hydrogen) atoms. The van der Waals surface area contributed by atoms with Gasteiger partial charge in [0.25, 0.3) is 0 Å². The summed E-state index contributed by atoms with van der Waals surface area (Å²) in [7, 11) is 1.49. The third-order valence-corrected chi connectivity index (χ3v) is 3.11. The number of nitrogens with zero attached hydrogens (tertiary/aromatic N) is 3. The first-order valence-electron chi connectivity index (χ1n) is 6.03. The van der Waals surface area contributed by atoms with Crippen molar-refractivity contribution in [1.29, 1.82) is 0 Å². The quantitative estimate of drug-likeness (QED) is 0.939. The van der Waals surface area contributed by atoms with Crippen molar-refractivity contribution in [2.24, 2.45) is 7.05 Å². The Morgan fingerprint density at radius 2 is 1.85 bits per heavy atom. The number of halogens is 2. The number of ether oxygens (including phenoxy) is 1. The lowest BCUT2D eigenvalue weighted by molar-refractivity contribution is -0.0547. The minimum absolute atomic E-state index is 0.0617. The van der Waals surface area contributed by atoms with Crippen LogP contribution in [0.3, 0.4) is 0 Å². The Hall–Kier alpha value is -2.18. The minimum Gasteiger partial charge on any atom is -0.415 e. The second-order valence-electron chi connectivity index (χ2n) is 4.63. The van der Waals surface area contributed by atoms with Gasteiger partial charge in [-0.2, -0.15) is 13.9 Å². The predicted octanol–water partition coefficient (Wildman–Crippen LogP) is 2.59.